The molecule has 0 spiro atoms. The summed E-state index contributed by atoms with van der Waals surface area (Å²) >= 11 is 0. The molecular formula is C12H13N5O5. The standard InChI is InChI=1S/C12H13N5O5/c1-13-11(18)15-7-8-16(12(15)19)14-6-2-3-9-4-5-10(22-9)17(20)21/h2-6H,7-8H2,1H3,(H,13,18)/b3-2+,14-6+. The van der Waals surface area contributed by atoms with E-state index in [9.17, 15) is 19.7 Å². The van der Waals surface area contributed by atoms with Crippen LogP contribution in [0.1, 0.15) is 5.76 Å². The van der Waals surface area contributed by atoms with Crippen LogP contribution in [0.4, 0.5) is 15.5 Å². The van der Waals surface area contributed by atoms with Gasteiger partial charge in [-0.05, 0) is 18.2 Å². The summed E-state index contributed by atoms with van der Waals surface area (Å²) in [4.78, 5) is 34.0. The van der Waals surface area contributed by atoms with Gasteiger partial charge in [0, 0.05) is 13.3 Å². The zero-order valence-electron chi connectivity index (χ0n) is 11.6. The van der Waals surface area contributed by atoms with E-state index in [1.165, 1.54) is 37.5 Å². The molecule has 1 aromatic heterocycles. The molecule has 1 fully saturated rings. The highest BCUT2D eigenvalue weighted by Crippen LogP contribution is 2.16. The average Bonchev–Trinajstić information content (AvgIpc) is 3.10. The van der Waals surface area contributed by atoms with E-state index in [1.807, 2.05) is 0 Å². The zero-order valence-corrected chi connectivity index (χ0v) is 11.6. The Hall–Kier alpha value is -3.17. The third-order valence-electron chi connectivity index (χ3n) is 2.79. The van der Waals surface area contributed by atoms with Crippen molar-refractivity contribution in [3.8, 4) is 0 Å². The first-order valence-electron chi connectivity index (χ1n) is 6.28. The van der Waals surface area contributed by atoms with Crippen LogP contribution in [-0.4, -0.2) is 53.2 Å². The number of amides is 4. The fourth-order valence-electron chi connectivity index (χ4n) is 1.74. The van der Waals surface area contributed by atoms with Crippen LogP contribution in [-0.2, 0) is 0 Å². The molecule has 2 heterocycles. The summed E-state index contributed by atoms with van der Waals surface area (Å²) in [5.41, 5.74) is 0. The lowest BCUT2D eigenvalue weighted by atomic mass is 10.4. The predicted molar refractivity (Wildman–Crippen MR) is 76.2 cm³/mol. The highest BCUT2D eigenvalue weighted by Gasteiger charge is 2.32. The van der Waals surface area contributed by atoms with E-state index in [2.05, 4.69) is 10.4 Å². The second-order valence-electron chi connectivity index (χ2n) is 4.17. The van der Waals surface area contributed by atoms with Crippen molar-refractivity contribution in [2.75, 3.05) is 20.1 Å². The van der Waals surface area contributed by atoms with E-state index in [1.54, 1.807) is 0 Å². The highest BCUT2D eigenvalue weighted by atomic mass is 16.6. The minimum atomic E-state index is -0.637. The van der Waals surface area contributed by atoms with E-state index < -0.39 is 17.0 Å². The van der Waals surface area contributed by atoms with Gasteiger partial charge in [0.1, 0.15) is 10.7 Å². The molecule has 2 rings (SSSR count). The molecule has 0 saturated carbocycles. The van der Waals surface area contributed by atoms with Gasteiger partial charge in [-0.2, -0.15) is 5.10 Å². The lowest BCUT2D eigenvalue weighted by Gasteiger charge is -2.12. The molecule has 1 aromatic rings. The number of rotatable bonds is 4. The molecular weight excluding hydrogens is 294 g/mol. The number of hydrogen-bond donors (Lipinski definition) is 1. The molecule has 22 heavy (non-hydrogen) atoms. The summed E-state index contributed by atoms with van der Waals surface area (Å²) in [6, 6.07) is 1.68. The minimum Gasteiger partial charge on any atom is -0.401 e. The van der Waals surface area contributed by atoms with Gasteiger partial charge in [-0.3, -0.25) is 10.1 Å². The van der Waals surface area contributed by atoms with Gasteiger partial charge in [-0.25, -0.2) is 19.5 Å². The second-order valence-corrected chi connectivity index (χ2v) is 4.17. The Morgan fingerprint density at radius 3 is 2.91 bits per heavy atom. The summed E-state index contributed by atoms with van der Waals surface area (Å²) in [7, 11) is 1.44. The molecule has 0 radical (unpaired) electrons. The summed E-state index contributed by atoms with van der Waals surface area (Å²) in [6.07, 6.45) is 4.27. The maximum absolute atomic E-state index is 11.8. The number of hydrogen-bond acceptors (Lipinski definition) is 6. The van der Waals surface area contributed by atoms with Gasteiger partial charge < -0.3 is 9.73 Å². The first kappa shape index (κ1) is 15.2. The van der Waals surface area contributed by atoms with E-state index in [0.717, 1.165) is 9.91 Å². The van der Waals surface area contributed by atoms with Crippen LogP contribution in [0.3, 0.4) is 0 Å². The van der Waals surface area contributed by atoms with Crippen LogP contribution in [0, 0.1) is 10.1 Å². The summed E-state index contributed by atoms with van der Waals surface area (Å²) in [5.74, 6) is -0.0644. The Bertz CT molecular complexity index is 650. The van der Waals surface area contributed by atoms with E-state index in [4.69, 9.17) is 4.42 Å². The van der Waals surface area contributed by atoms with Crippen molar-refractivity contribution in [2.24, 2.45) is 5.10 Å². The average molecular weight is 307 g/mol. The maximum atomic E-state index is 11.8. The molecule has 10 nitrogen and oxygen atoms in total. The number of carbonyl (C=O) groups is 2. The number of nitrogens with zero attached hydrogens (tertiary/aromatic N) is 4. The molecule has 0 aliphatic carbocycles. The van der Waals surface area contributed by atoms with Gasteiger partial charge in [0.15, 0.2) is 0 Å². The number of urea groups is 2. The van der Waals surface area contributed by atoms with Gasteiger partial charge in [-0.15, -0.1) is 0 Å². The molecule has 1 aliphatic rings. The fraction of sp³-hybridized carbons (Fsp3) is 0.250. The Morgan fingerprint density at radius 1 is 1.50 bits per heavy atom. The van der Waals surface area contributed by atoms with Crippen molar-refractivity contribution < 1.29 is 18.9 Å². The highest BCUT2D eigenvalue weighted by molar-refractivity contribution is 5.95. The smallest absolute Gasteiger partial charge is 0.401 e. The van der Waals surface area contributed by atoms with Gasteiger partial charge >= 0.3 is 17.9 Å². The van der Waals surface area contributed by atoms with Crippen molar-refractivity contribution >= 4 is 30.2 Å². The van der Waals surface area contributed by atoms with Crippen molar-refractivity contribution in [3.05, 3.63) is 34.1 Å². The summed E-state index contributed by atoms with van der Waals surface area (Å²) < 4.78 is 4.91. The van der Waals surface area contributed by atoms with Crippen LogP contribution in [0.25, 0.3) is 6.08 Å². The molecule has 0 unspecified atom stereocenters. The topological polar surface area (TPSA) is 121 Å². The number of carbonyl (C=O) groups excluding carboxylic acids is 2. The summed E-state index contributed by atoms with van der Waals surface area (Å²) in [6.45, 7) is 0.548. The number of hydrazone groups is 1. The molecule has 116 valence electrons. The lowest BCUT2D eigenvalue weighted by molar-refractivity contribution is -0.402. The molecule has 0 aromatic carbocycles. The normalized spacial score (nSPS) is 15.2. The molecule has 1 aliphatic heterocycles. The fourth-order valence-corrected chi connectivity index (χ4v) is 1.74. The molecule has 1 N–H and O–H groups in total. The first-order chi connectivity index (χ1) is 10.5. The quantitative estimate of drug-likeness (QED) is 0.510. The van der Waals surface area contributed by atoms with Crippen LogP contribution in [0.15, 0.2) is 27.7 Å². The predicted octanol–water partition coefficient (Wildman–Crippen LogP) is 1.26. The number of furan rings is 1. The lowest BCUT2D eigenvalue weighted by Crippen LogP contribution is -2.40. The Kier molecular flexibility index (Phi) is 4.51. The van der Waals surface area contributed by atoms with E-state index in [-0.39, 0.29) is 18.2 Å². The maximum Gasteiger partial charge on any atom is 0.433 e. The van der Waals surface area contributed by atoms with Crippen molar-refractivity contribution in [2.45, 2.75) is 0 Å². The number of nitro groups is 1. The monoisotopic (exact) mass is 307 g/mol. The van der Waals surface area contributed by atoms with Gasteiger partial charge in [0.25, 0.3) is 0 Å². The molecule has 0 bridgehead atoms. The second kappa shape index (κ2) is 6.52. The van der Waals surface area contributed by atoms with E-state index in [0.29, 0.717) is 6.54 Å². The largest absolute Gasteiger partial charge is 0.433 e. The summed E-state index contributed by atoms with van der Waals surface area (Å²) in [5, 5.41) is 17.9. The first-order valence-corrected chi connectivity index (χ1v) is 6.28. The van der Waals surface area contributed by atoms with Crippen LogP contribution in [0.5, 0.6) is 0 Å². The van der Waals surface area contributed by atoms with Crippen molar-refractivity contribution in [1.29, 1.82) is 0 Å². The van der Waals surface area contributed by atoms with Gasteiger partial charge in [-0.1, -0.05) is 0 Å². The van der Waals surface area contributed by atoms with Crippen LogP contribution >= 0.6 is 0 Å². The Balaban J connectivity index is 1.92. The van der Waals surface area contributed by atoms with Crippen LogP contribution in [0.2, 0.25) is 0 Å². The molecule has 10 heteroatoms. The third kappa shape index (κ3) is 3.29. The Morgan fingerprint density at radius 2 is 2.27 bits per heavy atom. The molecule has 0 atom stereocenters. The SMILES string of the molecule is CNC(=O)N1CCN(/N=C/C=C/c2ccc([N+](=O)[O-])o2)C1=O. The number of allylic oxidation sites excluding steroid dienone is 1. The number of nitrogens with one attached hydrogen (secondary N) is 1. The Labute approximate surface area is 124 Å². The van der Waals surface area contributed by atoms with Crippen molar-refractivity contribution in [1.82, 2.24) is 15.2 Å². The third-order valence-corrected chi connectivity index (χ3v) is 2.79. The number of imide groups is 1. The van der Waals surface area contributed by atoms with Gasteiger partial charge in [0.2, 0.25) is 0 Å². The molecule has 4 amide bonds. The zero-order chi connectivity index (χ0) is 16.1. The van der Waals surface area contributed by atoms with Crippen LogP contribution < -0.4 is 5.32 Å². The van der Waals surface area contributed by atoms with Gasteiger partial charge in [0.05, 0.1) is 19.2 Å². The van der Waals surface area contributed by atoms with Crippen molar-refractivity contribution in [3.63, 3.8) is 0 Å². The molecule has 1 saturated heterocycles. The van der Waals surface area contributed by atoms with E-state index >= 15 is 0 Å². The minimum absolute atomic E-state index is 0.254.